The molecule has 54 valence electrons. The van der Waals surface area contributed by atoms with Crippen LogP contribution in [0, 0.1) is 0 Å². The Hall–Kier alpha value is -0.900. The number of aromatic nitrogens is 2. The lowest BCUT2D eigenvalue weighted by atomic mass is 10.5. The molecule has 0 saturated carbocycles. The van der Waals surface area contributed by atoms with E-state index in [4.69, 9.17) is 12.2 Å². The minimum atomic E-state index is 0.722. The Kier molecular flexibility index (Phi) is 2.39. The molecule has 0 radical (unpaired) electrons. The molecule has 0 atom stereocenters. The molecule has 1 aromatic rings. The normalized spacial score (nSPS) is 9.30. The Morgan fingerprint density at radius 3 is 3.20 bits per heavy atom. The third-order valence-electron chi connectivity index (χ3n) is 1.08. The van der Waals surface area contributed by atoms with E-state index >= 15 is 0 Å². The average Bonchev–Trinajstić information content (AvgIpc) is 2.38. The van der Waals surface area contributed by atoms with Gasteiger partial charge in [0.25, 0.3) is 0 Å². The summed E-state index contributed by atoms with van der Waals surface area (Å²) in [4.78, 5) is 7.47. The summed E-state index contributed by atoms with van der Waals surface area (Å²) in [5.74, 6) is 0. The molecule has 4 heteroatoms. The summed E-state index contributed by atoms with van der Waals surface area (Å²) in [5, 5.41) is 3.01. The molecule has 0 amide bonds. The number of aromatic amines is 1. The van der Waals surface area contributed by atoms with E-state index in [2.05, 4.69) is 15.3 Å². The van der Waals surface area contributed by atoms with Crippen molar-refractivity contribution in [2.24, 2.45) is 0 Å². The van der Waals surface area contributed by atoms with E-state index in [9.17, 15) is 0 Å². The monoisotopic (exact) mass is 155 g/mol. The maximum atomic E-state index is 4.99. The van der Waals surface area contributed by atoms with Gasteiger partial charge in [0.1, 0.15) is 4.99 Å². The largest absolute Gasteiger partial charge is 0.375 e. The van der Waals surface area contributed by atoms with Crippen molar-refractivity contribution in [3.05, 3.63) is 18.2 Å². The zero-order chi connectivity index (χ0) is 7.40. The van der Waals surface area contributed by atoms with Gasteiger partial charge in [-0.1, -0.05) is 12.2 Å². The highest BCUT2D eigenvalue weighted by atomic mass is 32.1. The predicted molar refractivity (Wildman–Crippen MR) is 44.0 cm³/mol. The standard InChI is InChI=1S/C6H9N3S/c1-2-8-6(10)5-3-7-4-9-5/h3-4H,2H2,1H3,(H,7,9)(H,8,10). The number of thiocarbonyl (C=S) groups is 1. The van der Waals surface area contributed by atoms with Gasteiger partial charge in [-0.15, -0.1) is 0 Å². The molecule has 1 rings (SSSR count). The van der Waals surface area contributed by atoms with Crippen LogP contribution < -0.4 is 5.32 Å². The van der Waals surface area contributed by atoms with Gasteiger partial charge >= 0.3 is 0 Å². The van der Waals surface area contributed by atoms with Gasteiger partial charge in [0.2, 0.25) is 0 Å². The smallest absolute Gasteiger partial charge is 0.124 e. The molecule has 3 nitrogen and oxygen atoms in total. The molecule has 1 aromatic heterocycles. The summed E-state index contributed by atoms with van der Waals surface area (Å²) in [5.41, 5.74) is 0.872. The SMILES string of the molecule is CCNC(=S)c1cnc[nH]1. The second-order valence-corrected chi connectivity index (χ2v) is 2.23. The lowest BCUT2D eigenvalue weighted by Crippen LogP contribution is -2.21. The van der Waals surface area contributed by atoms with Gasteiger partial charge < -0.3 is 10.3 Å². The van der Waals surface area contributed by atoms with Crippen LogP contribution >= 0.6 is 12.2 Å². The predicted octanol–water partition coefficient (Wildman–Crippen LogP) is 0.695. The Morgan fingerprint density at radius 1 is 1.90 bits per heavy atom. The Morgan fingerprint density at radius 2 is 2.70 bits per heavy atom. The number of hydrogen-bond donors (Lipinski definition) is 2. The Bertz CT molecular complexity index is 205. The molecule has 0 bridgehead atoms. The second-order valence-electron chi connectivity index (χ2n) is 1.82. The zero-order valence-corrected chi connectivity index (χ0v) is 6.53. The summed E-state index contributed by atoms with van der Waals surface area (Å²) >= 11 is 4.99. The van der Waals surface area contributed by atoms with Crippen molar-refractivity contribution >= 4 is 17.2 Å². The first kappa shape index (κ1) is 7.21. The number of imidazole rings is 1. The van der Waals surface area contributed by atoms with Crippen molar-refractivity contribution in [1.82, 2.24) is 15.3 Å². The first-order chi connectivity index (χ1) is 4.84. The fourth-order valence-electron chi connectivity index (χ4n) is 0.636. The van der Waals surface area contributed by atoms with E-state index in [0.717, 1.165) is 17.2 Å². The zero-order valence-electron chi connectivity index (χ0n) is 5.72. The Balaban J connectivity index is 2.59. The summed E-state index contributed by atoms with van der Waals surface area (Å²) in [6, 6.07) is 0. The molecule has 0 aliphatic carbocycles. The number of nitrogens with one attached hydrogen (secondary N) is 2. The van der Waals surface area contributed by atoms with Crippen LogP contribution in [-0.2, 0) is 0 Å². The van der Waals surface area contributed by atoms with E-state index in [-0.39, 0.29) is 0 Å². The lowest BCUT2D eigenvalue weighted by Gasteiger charge is -1.99. The van der Waals surface area contributed by atoms with Gasteiger partial charge in [0.15, 0.2) is 0 Å². The third-order valence-corrected chi connectivity index (χ3v) is 1.44. The van der Waals surface area contributed by atoms with E-state index in [0.29, 0.717) is 0 Å². The fourth-order valence-corrected chi connectivity index (χ4v) is 0.892. The van der Waals surface area contributed by atoms with Crippen LogP contribution in [0.15, 0.2) is 12.5 Å². The maximum Gasteiger partial charge on any atom is 0.124 e. The molecule has 1 heterocycles. The molecule has 0 fully saturated rings. The van der Waals surface area contributed by atoms with E-state index < -0.39 is 0 Å². The first-order valence-corrected chi connectivity index (χ1v) is 3.52. The van der Waals surface area contributed by atoms with Gasteiger partial charge in [-0.05, 0) is 6.92 Å². The van der Waals surface area contributed by atoms with E-state index in [1.54, 1.807) is 12.5 Å². The first-order valence-electron chi connectivity index (χ1n) is 3.11. The van der Waals surface area contributed by atoms with Crippen LogP contribution in [0.3, 0.4) is 0 Å². The van der Waals surface area contributed by atoms with Gasteiger partial charge in [-0.2, -0.15) is 0 Å². The Labute approximate surface area is 64.9 Å². The molecule has 2 N–H and O–H groups in total. The molecule has 0 aliphatic rings. The lowest BCUT2D eigenvalue weighted by molar-refractivity contribution is 0.978. The minimum Gasteiger partial charge on any atom is -0.375 e. The quantitative estimate of drug-likeness (QED) is 0.617. The summed E-state index contributed by atoms with van der Waals surface area (Å²) in [7, 11) is 0. The molecular formula is C6H9N3S. The summed E-state index contributed by atoms with van der Waals surface area (Å²) in [6.07, 6.45) is 3.31. The number of nitrogens with zero attached hydrogens (tertiary/aromatic N) is 1. The molecule has 0 aromatic carbocycles. The van der Waals surface area contributed by atoms with Crippen molar-refractivity contribution in [3.63, 3.8) is 0 Å². The topological polar surface area (TPSA) is 40.7 Å². The van der Waals surface area contributed by atoms with Crippen molar-refractivity contribution in [3.8, 4) is 0 Å². The van der Waals surface area contributed by atoms with Gasteiger partial charge in [0, 0.05) is 6.54 Å². The average molecular weight is 155 g/mol. The van der Waals surface area contributed by atoms with Crippen molar-refractivity contribution in [2.45, 2.75) is 6.92 Å². The van der Waals surface area contributed by atoms with Crippen LogP contribution in [0.1, 0.15) is 12.6 Å². The second kappa shape index (κ2) is 3.31. The van der Waals surface area contributed by atoms with Gasteiger partial charge in [-0.25, -0.2) is 4.98 Å². The van der Waals surface area contributed by atoms with E-state index in [1.165, 1.54) is 0 Å². The molecule has 0 spiro atoms. The van der Waals surface area contributed by atoms with Crippen molar-refractivity contribution in [1.29, 1.82) is 0 Å². The summed E-state index contributed by atoms with van der Waals surface area (Å²) < 4.78 is 0. The van der Waals surface area contributed by atoms with Crippen molar-refractivity contribution in [2.75, 3.05) is 6.54 Å². The summed E-state index contributed by atoms with van der Waals surface area (Å²) in [6.45, 7) is 2.85. The fraction of sp³-hybridized carbons (Fsp3) is 0.333. The highest BCUT2D eigenvalue weighted by Gasteiger charge is 1.97. The van der Waals surface area contributed by atoms with Crippen LogP contribution in [0.2, 0.25) is 0 Å². The maximum absolute atomic E-state index is 4.99. The highest BCUT2D eigenvalue weighted by Crippen LogP contribution is 1.90. The van der Waals surface area contributed by atoms with Gasteiger partial charge in [-0.3, -0.25) is 0 Å². The molecule has 0 saturated heterocycles. The number of rotatable bonds is 2. The minimum absolute atomic E-state index is 0.722. The third kappa shape index (κ3) is 1.54. The van der Waals surface area contributed by atoms with E-state index in [1.807, 2.05) is 6.92 Å². The van der Waals surface area contributed by atoms with Crippen LogP contribution in [0.4, 0.5) is 0 Å². The molecule has 0 unspecified atom stereocenters. The van der Waals surface area contributed by atoms with Gasteiger partial charge in [0.05, 0.1) is 18.2 Å². The molecule has 0 aliphatic heterocycles. The van der Waals surface area contributed by atoms with Crippen LogP contribution in [-0.4, -0.2) is 21.5 Å². The number of H-pyrrole nitrogens is 1. The van der Waals surface area contributed by atoms with Crippen LogP contribution in [0.5, 0.6) is 0 Å². The highest BCUT2D eigenvalue weighted by molar-refractivity contribution is 7.80. The number of hydrogen-bond acceptors (Lipinski definition) is 2. The van der Waals surface area contributed by atoms with Crippen LogP contribution in [0.25, 0.3) is 0 Å². The van der Waals surface area contributed by atoms with Crippen molar-refractivity contribution < 1.29 is 0 Å². The molecule has 10 heavy (non-hydrogen) atoms. The molecular weight excluding hydrogens is 146 g/mol.